The Bertz CT molecular complexity index is 1420. The summed E-state index contributed by atoms with van der Waals surface area (Å²) >= 11 is 15.7. The number of sulfonamides is 1. The van der Waals surface area contributed by atoms with Gasteiger partial charge in [-0.3, -0.25) is 13.9 Å². The molecule has 0 saturated heterocycles. The predicted molar refractivity (Wildman–Crippen MR) is 159 cm³/mol. The molecule has 11 heteroatoms. The fourth-order valence-electron chi connectivity index (χ4n) is 3.77. The lowest BCUT2D eigenvalue weighted by Crippen LogP contribution is -2.52. The molecule has 0 spiro atoms. The molecule has 0 aliphatic rings. The van der Waals surface area contributed by atoms with Crippen molar-refractivity contribution >= 4 is 66.7 Å². The number of rotatable bonds is 11. The first-order valence-electron chi connectivity index (χ1n) is 12.3. The Morgan fingerprint density at radius 2 is 1.64 bits per heavy atom. The zero-order valence-corrected chi connectivity index (χ0v) is 25.7. The summed E-state index contributed by atoms with van der Waals surface area (Å²) in [5.74, 6) is -0.896. The number of carbonyl (C=O) groups is 2. The smallest absolute Gasteiger partial charge is 0.264 e. The third-order valence-corrected chi connectivity index (χ3v) is 9.23. The zero-order chi connectivity index (χ0) is 28.7. The molecule has 0 unspecified atom stereocenters. The SMILES string of the molecule is CC[C@@H](C)NC(=O)[C@H](C)N(Cc1cccc(Br)c1)C(=O)CN(c1ccc(Cl)c(Cl)c1)S(=O)(=O)c1ccccc1. The molecule has 0 fully saturated rings. The van der Waals surface area contributed by atoms with E-state index >= 15 is 0 Å². The van der Waals surface area contributed by atoms with Crippen LogP contribution in [0.2, 0.25) is 10.0 Å². The van der Waals surface area contributed by atoms with E-state index in [1.807, 2.05) is 38.1 Å². The summed E-state index contributed by atoms with van der Waals surface area (Å²) in [7, 11) is -4.18. The summed E-state index contributed by atoms with van der Waals surface area (Å²) < 4.78 is 29.3. The molecule has 0 aliphatic carbocycles. The van der Waals surface area contributed by atoms with Crippen molar-refractivity contribution in [2.45, 2.75) is 50.7 Å². The molecule has 2 atom stereocenters. The van der Waals surface area contributed by atoms with Crippen molar-refractivity contribution in [3.05, 3.63) is 92.9 Å². The second-order valence-electron chi connectivity index (χ2n) is 9.07. The van der Waals surface area contributed by atoms with Crippen LogP contribution >= 0.6 is 39.1 Å². The fraction of sp³-hybridized carbons (Fsp3) is 0.286. The van der Waals surface area contributed by atoms with Gasteiger partial charge in [-0.25, -0.2) is 8.42 Å². The van der Waals surface area contributed by atoms with Crippen LogP contribution in [0.1, 0.15) is 32.8 Å². The Balaban J connectivity index is 2.04. The molecule has 0 radical (unpaired) electrons. The average molecular weight is 655 g/mol. The molecule has 39 heavy (non-hydrogen) atoms. The van der Waals surface area contributed by atoms with Gasteiger partial charge in [0.15, 0.2) is 0 Å². The standard InChI is InChI=1S/C28H30BrCl2N3O4S/c1-4-19(2)32-28(36)20(3)33(17-21-9-8-10-22(29)15-21)27(35)18-34(23-13-14-25(30)26(31)16-23)39(37,38)24-11-6-5-7-12-24/h5-16,19-20H,4,17-18H2,1-3H3,(H,32,36)/t19-,20+/m1/s1. The van der Waals surface area contributed by atoms with Crippen molar-refractivity contribution in [3.8, 4) is 0 Å². The number of amides is 2. The van der Waals surface area contributed by atoms with E-state index in [4.69, 9.17) is 23.2 Å². The lowest BCUT2D eigenvalue weighted by atomic mass is 10.1. The van der Waals surface area contributed by atoms with Gasteiger partial charge < -0.3 is 10.2 Å². The van der Waals surface area contributed by atoms with E-state index in [-0.39, 0.29) is 39.1 Å². The molecule has 0 bridgehead atoms. The molecule has 3 aromatic carbocycles. The summed E-state index contributed by atoms with van der Waals surface area (Å²) in [6, 6.07) is 18.6. The number of halogens is 3. The van der Waals surface area contributed by atoms with E-state index in [0.29, 0.717) is 0 Å². The Hall–Kier alpha value is -2.59. The lowest BCUT2D eigenvalue weighted by molar-refractivity contribution is -0.139. The van der Waals surface area contributed by atoms with Gasteiger partial charge in [-0.1, -0.05) is 76.4 Å². The van der Waals surface area contributed by atoms with Gasteiger partial charge in [0.25, 0.3) is 10.0 Å². The number of benzene rings is 3. The van der Waals surface area contributed by atoms with Crippen LogP contribution in [0.3, 0.4) is 0 Å². The third kappa shape index (κ3) is 7.97. The number of carbonyl (C=O) groups excluding carboxylic acids is 2. The Kier molecular flexibility index (Phi) is 10.8. The first kappa shape index (κ1) is 30.9. The molecule has 3 rings (SSSR count). The average Bonchev–Trinajstić information content (AvgIpc) is 2.91. The molecule has 7 nitrogen and oxygen atoms in total. The quantitative estimate of drug-likeness (QED) is 0.264. The zero-order valence-electron chi connectivity index (χ0n) is 21.8. The van der Waals surface area contributed by atoms with Crippen molar-refractivity contribution in [1.82, 2.24) is 10.2 Å². The first-order valence-corrected chi connectivity index (χ1v) is 15.3. The molecule has 0 aliphatic heterocycles. The fourth-order valence-corrected chi connectivity index (χ4v) is 5.93. The van der Waals surface area contributed by atoms with Crippen LogP contribution in [0.25, 0.3) is 0 Å². The number of hydrogen-bond acceptors (Lipinski definition) is 4. The van der Waals surface area contributed by atoms with Crippen molar-refractivity contribution in [2.24, 2.45) is 0 Å². The minimum absolute atomic E-state index is 0.00461. The van der Waals surface area contributed by atoms with Crippen LogP contribution in [-0.2, 0) is 26.2 Å². The highest BCUT2D eigenvalue weighted by molar-refractivity contribution is 9.10. The van der Waals surface area contributed by atoms with Gasteiger partial charge in [0.1, 0.15) is 12.6 Å². The lowest BCUT2D eigenvalue weighted by Gasteiger charge is -2.32. The van der Waals surface area contributed by atoms with Gasteiger partial charge in [0.05, 0.1) is 20.6 Å². The van der Waals surface area contributed by atoms with Crippen LogP contribution in [0, 0.1) is 0 Å². The minimum Gasteiger partial charge on any atom is -0.352 e. The Morgan fingerprint density at radius 3 is 2.26 bits per heavy atom. The molecule has 2 amide bonds. The molecular weight excluding hydrogens is 625 g/mol. The first-order chi connectivity index (χ1) is 18.4. The van der Waals surface area contributed by atoms with Crippen LogP contribution < -0.4 is 9.62 Å². The van der Waals surface area contributed by atoms with Crippen molar-refractivity contribution in [3.63, 3.8) is 0 Å². The van der Waals surface area contributed by atoms with Gasteiger partial charge in [0.2, 0.25) is 11.8 Å². The molecule has 3 aromatic rings. The van der Waals surface area contributed by atoms with Gasteiger partial charge in [0, 0.05) is 17.1 Å². The normalized spacial score (nSPS) is 12.9. The van der Waals surface area contributed by atoms with Crippen LogP contribution in [0.4, 0.5) is 5.69 Å². The highest BCUT2D eigenvalue weighted by Crippen LogP contribution is 2.31. The Morgan fingerprint density at radius 1 is 0.949 bits per heavy atom. The maximum Gasteiger partial charge on any atom is 0.264 e. The summed E-state index contributed by atoms with van der Waals surface area (Å²) in [6.07, 6.45) is 0.721. The summed E-state index contributed by atoms with van der Waals surface area (Å²) in [5, 5.41) is 3.30. The molecular formula is C28H30BrCl2N3O4S. The van der Waals surface area contributed by atoms with Crippen molar-refractivity contribution in [1.29, 1.82) is 0 Å². The van der Waals surface area contributed by atoms with Gasteiger partial charge in [-0.2, -0.15) is 0 Å². The van der Waals surface area contributed by atoms with E-state index in [9.17, 15) is 18.0 Å². The number of nitrogens with zero attached hydrogens (tertiary/aromatic N) is 2. The van der Waals surface area contributed by atoms with Gasteiger partial charge in [-0.05, 0) is 68.3 Å². The maximum absolute atomic E-state index is 13.9. The second kappa shape index (κ2) is 13.7. The largest absolute Gasteiger partial charge is 0.352 e. The molecule has 0 saturated carbocycles. The maximum atomic E-state index is 13.9. The van der Waals surface area contributed by atoms with Gasteiger partial charge >= 0.3 is 0 Å². The van der Waals surface area contributed by atoms with E-state index in [0.717, 1.165) is 20.8 Å². The van der Waals surface area contributed by atoms with Gasteiger partial charge in [-0.15, -0.1) is 0 Å². The van der Waals surface area contributed by atoms with E-state index in [1.165, 1.54) is 35.2 Å². The minimum atomic E-state index is -4.18. The third-order valence-electron chi connectivity index (χ3n) is 6.21. The second-order valence-corrected chi connectivity index (χ2v) is 12.7. The molecule has 208 valence electrons. The predicted octanol–water partition coefficient (Wildman–Crippen LogP) is 6.28. The van der Waals surface area contributed by atoms with Crippen LogP contribution in [-0.4, -0.2) is 43.8 Å². The molecule has 0 heterocycles. The van der Waals surface area contributed by atoms with Crippen LogP contribution in [0.15, 0.2) is 82.2 Å². The van der Waals surface area contributed by atoms with Crippen molar-refractivity contribution in [2.75, 3.05) is 10.8 Å². The highest BCUT2D eigenvalue weighted by atomic mass is 79.9. The molecule has 0 aromatic heterocycles. The summed E-state index contributed by atoms with van der Waals surface area (Å²) in [6.45, 7) is 4.98. The number of nitrogens with one attached hydrogen (secondary N) is 1. The monoisotopic (exact) mass is 653 g/mol. The van der Waals surface area contributed by atoms with Crippen LogP contribution in [0.5, 0.6) is 0 Å². The Labute approximate surface area is 248 Å². The topological polar surface area (TPSA) is 86.8 Å². The van der Waals surface area contributed by atoms with E-state index in [2.05, 4.69) is 21.2 Å². The molecule has 1 N–H and O–H groups in total. The number of hydrogen-bond donors (Lipinski definition) is 1. The van der Waals surface area contributed by atoms with E-state index in [1.54, 1.807) is 25.1 Å². The highest BCUT2D eigenvalue weighted by Gasteiger charge is 2.33. The summed E-state index contributed by atoms with van der Waals surface area (Å²) in [5.41, 5.74) is 0.939. The van der Waals surface area contributed by atoms with Crippen molar-refractivity contribution < 1.29 is 18.0 Å². The summed E-state index contributed by atoms with van der Waals surface area (Å²) in [4.78, 5) is 28.4. The van der Waals surface area contributed by atoms with E-state index < -0.39 is 28.5 Å². The number of anilines is 1.